The molecule has 4 heterocycles. The largest absolute Gasteiger partial charge is 0.506 e. The summed E-state index contributed by atoms with van der Waals surface area (Å²) >= 11 is 0. The third kappa shape index (κ3) is 6.09. The molecule has 0 aliphatic rings. The minimum Gasteiger partial charge on any atom is -0.506 e. The predicted octanol–water partition coefficient (Wildman–Crippen LogP) is 4.23. The molecule has 0 spiro atoms. The van der Waals surface area contributed by atoms with E-state index in [0.29, 0.717) is 84.4 Å². The van der Waals surface area contributed by atoms with E-state index in [2.05, 4.69) is 30.8 Å². The van der Waals surface area contributed by atoms with Crippen LogP contribution in [0.3, 0.4) is 0 Å². The molecule has 3 amide bonds. The molecule has 0 saturated heterocycles. The summed E-state index contributed by atoms with van der Waals surface area (Å²) < 4.78 is 7.02. The van der Waals surface area contributed by atoms with Gasteiger partial charge in [0, 0.05) is 31.7 Å². The van der Waals surface area contributed by atoms with Crippen molar-refractivity contribution in [3.63, 3.8) is 0 Å². The molecule has 0 fully saturated rings. The zero-order valence-corrected chi connectivity index (χ0v) is 27.2. The smallest absolute Gasteiger partial charge is 0.276 e. The lowest BCUT2D eigenvalue weighted by Crippen LogP contribution is -2.20. The average molecular weight is 652 g/mol. The first kappa shape index (κ1) is 32.0. The van der Waals surface area contributed by atoms with E-state index in [1.165, 1.54) is 0 Å². The van der Waals surface area contributed by atoms with E-state index in [4.69, 9.17) is 5.73 Å². The number of aryl methyl sites for hydroxylation is 6. The summed E-state index contributed by atoms with van der Waals surface area (Å²) in [5.74, 6) is -0.637. The fourth-order valence-corrected chi connectivity index (χ4v) is 5.87. The van der Waals surface area contributed by atoms with Gasteiger partial charge < -0.3 is 20.0 Å². The number of phenols is 1. The van der Waals surface area contributed by atoms with Crippen molar-refractivity contribution in [1.82, 2.24) is 38.7 Å². The van der Waals surface area contributed by atoms with E-state index >= 15 is 0 Å². The van der Waals surface area contributed by atoms with E-state index in [1.54, 1.807) is 51.8 Å². The highest BCUT2D eigenvalue weighted by Crippen LogP contribution is 2.28. The number of nitrogens with zero attached hydrogens (tertiary/aromatic N) is 8. The van der Waals surface area contributed by atoms with Crippen molar-refractivity contribution in [1.29, 1.82) is 0 Å². The monoisotopic (exact) mass is 651 g/mol. The van der Waals surface area contributed by atoms with Crippen molar-refractivity contribution >= 4 is 51.7 Å². The van der Waals surface area contributed by atoms with Gasteiger partial charge in [-0.1, -0.05) is 6.07 Å². The number of hydrogen-bond acceptors (Lipinski definition) is 8. The molecular formula is C33H37N11O4. The summed E-state index contributed by atoms with van der Waals surface area (Å²) in [7, 11) is 0. The normalized spacial score (nSPS) is 11.4. The van der Waals surface area contributed by atoms with Crippen LogP contribution in [0.1, 0.15) is 69.4 Å². The van der Waals surface area contributed by atoms with Crippen LogP contribution in [0.2, 0.25) is 0 Å². The van der Waals surface area contributed by atoms with Gasteiger partial charge in [0.2, 0.25) is 17.8 Å². The van der Waals surface area contributed by atoms with Crippen molar-refractivity contribution in [2.45, 2.75) is 66.7 Å². The lowest BCUT2D eigenvalue weighted by Gasteiger charge is -2.13. The first-order valence-electron chi connectivity index (χ1n) is 15.8. The molecule has 5 N–H and O–H groups in total. The Morgan fingerprint density at radius 2 is 1.33 bits per heavy atom. The number of carbonyl (C=O) groups excluding carboxylic acids is 3. The van der Waals surface area contributed by atoms with Crippen LogP contribution in [0.25, 0.3) is 22.1 Å². The van der Waals surface area contributed by atoms with E-state index in [9.17, 15) is 19.5 Å². The zero-order chi connectivity index (χ0) is 34.1. The van der Waals surface area contributed by atoms with Crippen LogP contribution in [-0.4, -0.2) is 61.5 Å². The average Bonchev–Trinajstić information content (AvgIpc) is 3.82. The Hall–Kier alpha value is -5.99. The first-order chi connectivity index (χ1) is 23.1. The summed E-state index contributed by atoms with van der Waals surface area (Å²) in [6.07, 6.45) is 1.29. The number of aromatic hydroxyl groups is 1. The Labute approximate surface area is 275 Å². The highest BCUT2D eigenvalue weighted by Gasteiger charge is 2.21. The maximum Gasteiger partial charge on any atom is 0.276 e. The number of anilines is 2. The van der Waals surface area contributed by atoms with Gasteiger partial charge in [-0.2, -0.15) is 10.2 Å². The number of para-hydroxylation sites is 1. The number of phenolic OH excluding ortho intramolecular Hbond substituents is 1. The Morgan fingerprint density at radius 1 is 0.771 bits per heavy atom. The Morgan fingerprint density at radius 3 is 1.90 bits per heavy atom. The number of primary amides is 1. The van der Waals surface area contributed by atoms with Crippen LogP contribution in [0.4, 0.5) is 11.9 Å². The van der Waals surface area contributed by atoms with Gasteiger partial charge in [0.1, 0.15) is 22.7 Å². The molecule has 0 saturated carbocycles. The molecule has 0 atom stereocenters. The molecule has 0 radical (unpaired) electrons. The maximum atomic E-state index is 13.3. The van der Waals surface area contributed by atoms with E-state index < -0.39 is 5.91 Å². The second kappa shape index (κ2) is 13.0. The summed E-state index contributed by atoms with van der Waals surface area (Å²) in [6, 6.07) is 13.6. The molecule has 0 aliphatic heterocycles. The van der Waals surface area contributed by atoms with Gasteiger partial charge in [-0.15, -0.1) is 0 Å². The fourth-order valence-electron chi connectivity index (χ4n) is 5.87. The standard InChI is InChI=1S/C33H37N11O4/c1-5-43-25(16-19(3)39-43)30(47)37-32-35-22-18-21(29(34)46)12-13-23(22)41(32)14-7-8-15-42-24-10-9-11-27(45)28(24)36-33(42)38-31(48)26-17-20(4)40-44(26)6-2/h9-13,16-18,45H,5-8,14-15H2,1-4H3,(H2,34,46)(H,35,37,47)(H,36,38,48). The van der Waals surface area contributed by atoms with Crippen LogP contribution in [0, 0.1) is 13.8 Å². The Bertz CT molecular complexity index is 2190. The summed E-state index contributed by atoms with van der Waals surface area (Å²) in [4.78, 5) is 47.7. The van der Waals surface area contributed by atoms with Crippen LogP contribution in [0.5, 0.6) is 5.75 Å². The second-order valence-corrected chi connectivity index (χ2v) is 11.5. The van der Waals surface area contributed by atoms with Crippen molar-refractivity contribution in [3.05, 3.63) is 76.9 Å². The summed E-state index contributed by atoms with van der Waals surface area (Å²) in [5, 5.41) is 25.1. The molecule has 15 heteroatoms. The summed E-state index contributed by atoms with van der Waals surface area (Å²) in [5.41, 5.74) is 10.4. The topological polar surface area (TPSA) is 193 Å². The number of aromatic nitrogens is 8. The molecule has 248 valence electrons. The molecule has 6 rings (SSSR count). The maximum absolute atomic E-state index is 13.3. The third-order valence-corrected chi connectivity index (χ3v) is 8.12. The van der Waals surface area contributed by atoms with Crippen molar-refractivity contribution in [2.75, 3.05) is 10.6 Å². The van der Waals surface area contributed by atoms with Gasteiger partial charge in [0.05, 0.1) is 27.9 Å². The Kier molecular flexibility index (Phi) is 8.67. The minimum absolute atomic E-state index is 0.0106. The highest BCUT2D eigenvalue weighted by atomic mass is 16.3. The lowest BCUT2D eigenvalue weighted by atomic mass is 10.2. The van der Waals surface area contributed by atoms with Crippen molar-refractivity contribution in [3.8, 4) is 5.75 Å². The number of unbranched alkanes of at least 4 members (excludes halogenated alkanes) is 1. The minimum atomic E-state index is -0.574. The van der Waals surface area contributed by atoms with E-state index in [1.807, 2.05) is 42.9 Å². The van der Waals surface area contributed by atoms with Gasteiger partial charge >= 0.3 is 0 Å². The van der Waals surface area contributed by atoms with Gasteiger partial charge in [0.15, 0.2) is 0 Å². The molecule has 2 aromatic carbocycles. The Balaban J connectivity index is 1.25. The van der Waals surface area contributed by atoms with Crippen molar-refractivity contribution < 1.29 is 19.5 Å². The van der Waals surface area contributed by atoms with Gasteiger partial charge in [-0.3, -0.25) is 34.4 Å². The number of nitrogens with one attached hydrogen (secondary N) is 2. The number of fused-ring (bicyclic) bond motifs is 2. The number of hydrogen-bond donors (Lipinski definition) is 4. The molecule has 0 aliphatic carbocycles. The molecular weight excluding hydrogens is 614 g/mol. The number of imidazole rings is 2. The predicted molar refractivity (Wildman–Crippen MR) is 180 cm³/mol. The summed E-state index contributed by atoms with van der Waals surface area (Å²) in [6.45, 7) is 9.48. The van der Waals surface area contributed by atoms with Gasteiger partial charge in [0.25, 0.3) is 11.8 Å². The van der Waals surface area contributed by atoms with E-state index in [-0.39, 0.29) is 17.6 Å². The highest BCUT2D eigenvalue weighted by molar-refractivity contribution is 6.04. The molecule has 0 bridgehead atoms. The molecule has 0 unspecified atom stereocenters. The number of nitrogens with two attached hydrogens (primary N) is 1. The number of amides is 3. The second-order valence-electron chi connectivity index (χ2n) is 11.5. The number of carbonyl (C=O) groups is 3. The molecule has 6 aromatic rings. The van der Waals surface area contributed by atoms with Gasteiger partial charge in [-0.25, -0.2) is 9.97 Å². The number of rotatable bonds is 12. The zero-order valence-electron chi connectivity index (χ0n) is 27.2. The lowest BCUT2D eigenvalue weighted by molar-refractivity contribution is 0.0995. The van der Waals surface area contributed by atoms with Gasteiger partial charge in [-0.05, 0) is 83.0 Å². The van der Waals surface area contributed by atoms with Crippen LogP contribution < -0.4 is 16.4 Å². The van der Waals surface area contributed by atoms with Crippen LogP contribution in [-0.2, 0) is 26.2 Å². The quantitative estimate of drug-likeness (QED) is 0.141. The molecule has 48 heavy (non-hydrogen) atoms. The first-order valence-corrected chi connectivity index (χ1v) is 15.8. The number of benzene rings is 2. The third-order valence-electron chi connectivity index (χ3n) is 8.12. The van der Waals surface area contributed by atoms with E-state index in [0.717, 1.165) is 16.9 Å². The molecule has 15 nitrogen and oxygen atoms in total. The van der Waals surface area contributed by atoms with Crippen molar-refractivity contribution in [2.24, 2.45) is 5.73 Å². The SMILES string of the molecule is CCn1nc(C)cc1C(=O)Nc1nc2cc(C(N)=O)ccc2n1CCCCn1c(NC(=O)c2cc(C)nn2CC)nc2c(O)cccc21. The van der Waals surface area contributed by atoms with Crippen LogP contribution in [0.15, 0.2) is 48.5 Å². The van der Waals surface area contributed by atoms with Crippen LogP contribution >= 0.6 is 0 Å². The molecule has 4 aromatic heterocycles. The fraction of sp³-hybridized carbons (Fsp3) is 0.303.